The van der Waals surface area contributed by atoms with Gasteiger partial charge >= 0.3 is 0 Å². The molecule has 8 heteroatoms. The van der Waals surface area contributed by atoms with E-state index in [1.807, 2.05) is 5.41 Å². The van der Waals surface area contributed by atoms with E-state index < -0.39 is 0 Å². The highest BCUT2D eigenvalue weighted by atomic mass is 35.5. The first-order valence-corrected chi connectivity index (χ1v) is 8.56. The highest BCUT2D eigenvalue weighted by molar-refractivity contribution is 8.02. The molecule has 0 amide bonds. The molecule has 1 aliphatic rings. The van der Waals surface area contributed by atoms with Crippen LogP contribution in [0.3, 0.4) is 0 Å². The van der Waals surface area contributed by atoms with Gasteiger partial charge in [0, 0.05) is 21.6 Å². The van der Waals surface area contributed by atoms with E-state index in [1.165, 1.54) is 23.9 Å². The normalized spacial score (nSPS) is 13.2. The summed E-state index contributed by atoms with van der Waals surface area (Å²) in [5.41, 5.74) is 5.63. The van der Waals surface area contributed by atoms with Crippen LogP contribution in [0.4, 0.5) is 4.39 Å². The molecule has 0 fully saturated rings. The number of nitrogens with one attached hydrogen (secondary N) is 1. The van der Waals surface area contributed by atoms with Gasteiger partial charge in [-0.3, -0.25) is 5.43 Å². The lowest BCUT2D eigenvalue weighted by Crippen LogP contribution is -2.18. The zero-order valence-corrected chi connectivity index (χ0v) is 14.3. The number of hydrogen-bond donors (Lipinski definition) is 1. The number of rotatable bonds is 2. The van der Waals surface area contributed by atoms with Gasteiger partial charge in [-0.25, -0.2) is 9.07 Å². The molecule has 0 aliphatic carbocycles. The van der Waals surface area contributed by atoms with Crippen molar-refractivity contribution < 1.29 is 4.39 Å². The minimum Gasteiger partial charge on any atom is -0.289 e. The van der Waals surface area contributed by atoms with Crippen molar-refractivity contribution in [3.63, 3.8) is 0 Å². The van der Waals surface area contributed by atoms with Crippen molar-refractivity contribution in [2.75, 3.05) is 5.43 Å². The maximum absolute atomic E-state index is 13.1. The molecule has 2 heterocycles. The van der Waals surface area contributed by atoms with Crippen LogP contribution in [0.5, 0.6) is 0 Å². The highest BCUT2D eigenvalue weighted by Gasteiger charge is 2.21. The smallest absolute Gasteiger partial charge is 0.214 e. The molecule has 1 N–H and O–H groups in total. The van der Waals surface area contributed by atoms with Gasteiger partial charge in [0.15, 0.2) is 5.82 Å². The van der Waals surface area contributed by atoms with Gasteiger partial charge in [-0.1, -0.05) is 35.0 Å². The minimum absolute atomic E-state index is 0.276. The molecule has 24 heavy (non-hydrogen) atoms. The van der Waals surface area contributed by atoms with Crippen LogP contribution in [0.15, 0.2) is 53.0 Å². The Balaban J connectivity index is 1.72. The van der Waals surface area contributed by atoms with Crippen LogP contribution in [0.1, 0.15) is 5.56 Å². The Bertz CT molecular complexity index is 953. The van der Waals surface area contributed by atoms with Gasteiger partial charge in [0.2, 0.25) is 5.16 Å². The summed E-state index contributed by atoms with van der Waals surface area (Å²) in [6.07, 6.45) is 0. The number of aromatic nitrogens is 3. The van der Waals surface area contributed by atoms with Gasteiger partial charge in [-0.05, 0) is 42.5 Å². The summed E-state index contributed by atoms with van der Waals surface area (Å²) in [6.45, 7) is 0. The zero-order chi connectivity index (χ0) is 16.7. The van der Waals surface area contributed by atoms with Gasteiger partial charge in [0.25, 0.3) is 0 Å². The monoisotopic (exact) mass is 378 g/mol. The van der Waals surface area contributed by atoms with E-state index >= 15 is 0 Å². The molecule has 0 saturated carbocycles. The zero-order valence-electron chi connectivity index (χ0n) is 12.0. The predicted octanol–water partition coefficient (Wildman–Crippen LogP) is 5.04. The largest absolute Gasteiger partial charge is 0.289 e. The molecule has 4 rings (SSSR count). The van der Waals surface area contributed by atoms with Crippen molar-refractivity contribution in [3.8, 4) is 11.4 Å². The van der Waals surface area contributed by atoms with Gasteiger partial charge in [-0.2, -0.15) is 0 Å². The molecular formula is C16H9Cl2FN4S. The van der Waals surface area contributed by atoms with Crippen LogP contribution in [0.25, 0.3) is 17.1 Å². The van der Waals surface area contributed by atoms with Crippen LogP contribution in [0, 0.1) is 5.82 Å². The number of fused-ring (bicyclic) bond motifs is 1. The summed E-state index contributed by atoms with van der Waals surface area (Å²) in [5.74, 6) is 0.299. The average Bonchev–Trinajstić information content (AvgIpc) is 2.98. The second-order valence-electron chi connectivity index (χ2n) is 5.03. The molecule has 0 bridgehead atoms. The average molecular weight is 379 g/mol. The van der Waals surface area contributed by atoms with Crippen molar-refractivity contribution in [2.24, 2.45) is 0 Å². The standard InChI is InChI=1S/C16H9Cl2FN4S/c17-10-3-6-12(13(18)7-10)15-20-21-16-23(15)22-14(8-24-16)9-1-4-11(19)5-2-9/h1-8,22H. The Morgan fingerprint density at radius 3 is 2.58 bits per heavy atom. The fraction of sp³-hybridized carbons (Fsp3) is 0. The molecule has 0 unspecified atom stereocenters. The van der Waals surface area contributed by atoms with E-state index in [1.54, 1.807) is 35.0 Å². The summed E-state index contributed by atoms with van der Waals surface area (Å²) < 4.78 is 14.9. The van der Waals surface area contributed by atoms with E-state index in [4.69, 9.17) is 23.2 Å². The van der Waals surface area contributed by atoms with Crippen molar-refractivity contribution >= 4 is 40.7 Å². The lowest BCUT2D eigenvalue weighted by molar-refractivity contribution is 0.627. The lowest BCUT2D eigenvalue weighted by atomic mass is 10.2. The quantitative estimate of drug-likeness (QED) is 0.678. The predicted molar refractivity (Wildman–Crippen MR) is 95.1 cm³/mol. The molecule has 120 valence electrons. The topological polar surface area (TPSA) is 42.7 Å². The molecule has 1 aliphatic heterocycles. The van der Waals surface area contributed by atoms with Gasteiger partial charge in [0.1, 0.15) is 5.82 Å². The molecule has 0 radical (unpaired) electrons. The van der Waals surface area contributed by atoms with E-state index in [2.05, 4.69) is 15.6 Å². The Kier molecular flexibility index (Phi) is 3.96. The Morgan fingerprint density at radius 1 is 1.04 bits per heavy atom. The third-order valence-corrected chi connectivity index (χ3v) is 4.85. The molecular weight excluding hydrogens is 370 g/mol. The maximum atomic E-state index is 13.1. The van der Waals surface area contributed by atoms with Gasteiger partial charge in [0.05, 0.1) is 10.7 Å². The Morgan fingerprint density at radius 2 is 1.83 bits per heavy atom. The van der Waals surface area contributed by atoms with Crippen molar-refractivity contribution in [1.29, 1.82) is 0 Å². The van der Waals surface area contributed by atoms with Crippen LogP contribution in [-0.2, 0) is 0 Å². The molecule has 0 spiro atoms. The first-order valence-electron chi connectivity index (χ1n) is 6.92. The molecule has 0 atom stereocenters. The second kappa shape index (κ2) is 6.12. The molecule has 4 nitrogen and oxygen atoms in total. The first kappa shape index (κ1) is 15.5. The number of halogens is 3. The van der Waals surface area contributed by atoms with Crippen LogP contribution in [0.2, 0.25) is 10.0 Å². The number of thioether (sulfide) groups is 1. The minimum atomic E-state index is -0.276. The molecule has 0 saturated heterocycles. The third kappa shape index (κ3) is 2.77. The number of hydrogen-bond acceptors (Lipinski definition) is 4. The summed E-state index contributed by atoms with van der Waals surface area (Å²) in [5, 5.41) is 12.0. The molecule has 2 aromatic carbocycles. The van der Waals surface area contributed by atoms with Gasteiger partial charge < -0.3 is 0 Å². The maximum Gasteiger partial charge on any atom is 0.214 e. The van der Waals surface area contributed by atoms with Crippen molar-refractivity contribution in [2.45, 2.75) is 5.16 Å². The third-order valence-electron chi connectivity index (χ3n) is 3.48. The Labute approximate surface area is 151 Å². The number of nitrogens with zero attached hydrogens (tertiary/aromatic N) is 3. The van der Waals surface area contributed by atoms with E-state index in [9.17, 15) is 4.39 Å². The second-order valence-corrected chi connectivity index (χ2v) is 6.71. The van der Waals surface area contributed by atoms with Crippen LogP contribution >= 0.6 is 35.0 Å². The number of benzene rings is 2. The van der Waals surface area contributed by atoms with Crippen molar-refractivity contribution in [3.05, 3.63) is 69.3 Å². The van der Waals surface area contributed by atoms with Crippen molar-refractivity contribution in [1.82, 2.24) is 14.9 Å². The van der Waals surface area contributed by atoms with Crippen LogP contribution in [-0.4, -0.2) is 14.9 Å². The SMILES string of the molecule is Fc1ccc(C2=CSc3nnc(-c4ccc(Cl)cc4Cl)n3N2)cc1. The Hall–Kier alpha value is -2.02. The summed E-state index contributed by atoms with van der Waals surface area (Å²) in [6, 6.07) is 11.5. The van der Waals surface area contributed by atoms with E-state index in [0.29, 0.717) is 26.6 Å². The van der Waals surface area contributed by atoms with E-state index in [0.717, 1.165) is 11.3 Å². The van der Waals surface area contributed by atoms with Gasteiger partial charge in [-0.15, -0.1) is 10.2 Å². The fourth-order valence-electron chi connectivity index (χ4n) is 2.31. The molecule has 1 aromatic heterocycles. The summed E-state index contributed by atoms with van der Waals surface area (Å²) in [7, 11) is 0. The summed E-state index contributed by atoms with van der Waals surface area (Å²) >= 11 is 13.7. The highest BCUT2D eigenvalue weighted by Crippen LogP contribution is 2.34. The molecule has 3 aromatic rings. The summed E-state index contributed by atoms with van der Waals surface area (Å²) in [4.78, 5) is 0. The first-order chi connectivity index (χ1) is 11.6. The fourth-order valence-corrected chi connectivity index (χ4v) is 3.54. The lowest BCUT2D eigenvalue weighted by Gasteiger charge is -2.19. The van der Waals surface area contributed by atoms with Crippen LogP contribution < -0.4 is 5.43 Å². The van der Waals surface area contributed by atoms with E-state index in [-0.39, 0.29) is 5.82 Å².